The van der Waals surface area contributed by atoms with Crippen LogP contribution in [0.25, 0.3) is 0 Å². The van der Waals surface area contributed by atoms with Gasteiger partial charge < -0.3 is 10.1 Å². The molecule has 0 unspecified atom stereocenters. The van der Waals surface area contributed by atoms with Gasteiger partial charge in [-0.15, -0.1) is 0 Å². The van der Waals surface area contributed by atoms with E-state index in [9.17, 15) is 4.79 Å². The third-order valence-electron chi connectivity index (χ3n) is 3.11. The van der Waals surface area contributed by atoms with Crippen LogP contribution in [0.5, 0.6) is 5.75 Å². The van der Waals surface area contributed by atoms with Gasteiger partial charge in [-0.2, -0.15) is 0 Å². The predicted octanol–water partition coefficient (Wildman–Crippen LogP) is 2.00. The molecular weight excluding hydrogens is 284 g/mol. The lowest BCUT2D eigenvalue weighted by molar-refractivity contribution is 0.0943. The normalized spacial score (nSPS) is 16.4. The first-order valence-corrected chi connectivity index (χ1v) is 6.65. The summed E-state index contributed by atoms with van der Waals surface area (Å²) in [5, 5.41) is 3.89. The van der Waals surface area contributed by atoms with Gasteiger partial charge in [-0.25, -0.2) is 0 Å². The lowest BCUT2D eigenvalue weighted by Gasteiger charge is -2.13. The van der Waals surface area contributed by atoms with Gasteiger partial charge in [0, 0.05) is 18.1 Å². The highest BCUT2D eigenvalue weighted by atomic mass is 79.9. The van der Waals surface area contributed by atoms with Crippen LogP contribution in [0.2, 0.25) is 0 Å². The summed E-state index contributed by atoms with van der Waals surface area (Å²) in [5.74, 6) is 0.408. The number of rotatable bonds is 5. The minimum absolute atomic E-state index is 0.100. The summed E-state index contributed by atoms with van der Waals surface area (Å²) < 4.78 is 5.11. The van der Waals surface area contributed by atoms with E-state index < -0.39 is 0 Å². The van der Waals surface area contributed by atoms with Gasteiger partial charge >= 0.3 is 0 Å². The molecule has 0 spiro atoms. The van der Waals surface area contributed by atoms with E-state index in [1.165, 1.54) is 20.0 Å². The van der Waals surface area contributed by atoms with E-state index in [0.29, 0.717) is 17.9 Å². The Morgan fingerprint density at radius 3 is 3.00 bits per heavy atom. The zero-order valence-electron chi connectivity index (χ0n) is 9.70. The van der Waals surface area contributed by atoms with E-state index in [1.807, 2.05) is 0 Å². The molecule has 17 heavy (non-hydrogen) atoms. The summed E-state index contributed by atoms with van der Waals surface area (Å²) >= 11 is 3.48. The quantitative estimate of drug-likeness (QED) is 0.846. The van der Waals surface area contributed by atoms with Gasteiger partial charge in [0.15, 0.2) is 0 Å². The van der Waals surface area contributed by atoms with Crippen LogP contribution in [-0.4, -0.2) is 29.9 Å². The van der Waals surface area contributed by atoms with Crippen LogP contribution in [0.1, 0.15) is 23.2 Å². The van der Waals surface area contributed by atoms with Crippen LogP contribution < -0.4 is 10.1 Å². The van der Waals surface area contributed by atoms with E-state index in [2.05, 4.69) is 26.2 Å². The molecule has 1 aromatic rings. The molecule has 1 aromatic heterocycles. The number of halogens is 1. The van der Waals surface area contributed by atoms with E-state index in [0.717, 1.165) is 5.33 Å². The molecule has 0 saturated heterocycles. The Kier molecular flexibility index (Phi) is 3.66. The van der Waals surface area contributed by atoms with Crippen molar-refractivity contribution in [2.24, 2.45) is 5.41 Å². The number of hydrogen-bond donors (Lipinski definition) is 1. The Balaban J connectivity index is 1.99. The molecule has 0 aliphatic heterocycles. The van der Waals surface area contributed by atoms with E-state index >= 15 is 0 Å². The summed E-state index contributed by atoms with van der Waals surface area (Å²) in [6, 6.07) is 1.67. The van der Waals surface area contributed by atoms with Crippen LogP contribution in [0, 0.1) is 5.41 Å². The SMILES string of the molecule is COc1cnccc1C(=O)NCC1(CBr)CC1. The molecule has 1 N–H and O–H groups in total. The molecule has 92 valence electrons. The van der Waals surface area contributed by atoms with Crippen molar-refractivity contribution in [1.29, 1.82) is 0 Å². The number of ether oxygens (including phenoxy) is 1. The molecule has 5 heteroatoms. The van der Waals surface area contributed by atoms with Crippen molar-refractivity contribution < 1.29 is 9.53 Å². The average Bonchev–Trinajstić information content (AvgIpc) is 3.16. The fourth-order valence-corrected chi connectivity index (χ4v) is 2.39. The fourth-order valence-electron chi connectivity index (χ4n) is 1.63. The third kappa shape index (κ3) is 2.77. The van der Waals surface area contributed by atoms with Crippen molar-refractivity contribution in [2.75, 3.05) is 19.0 Å². The van der Waals surface area contributed by atoms with E-state index in [4.69, 9.17) is 4.74 Å². The third-order valence-corrected chi connectivity index (χ3v) is 4.30. The Bertz CT molecular complexity index is 419. The number of aromatic nitrogens is 1. The maximum atomic E-state index is 12.0. The Morgan fingerprint density at radius 2 is 2.41 bits per heavy atom. The molecule has 0 radical (unpaired) electrons. The van der Waals surface area contributed by atoms with Crippen LogP contribution >= 0.6 is 15.9 Å². The van der Waals surface area contributed by atoms with Crippen molar-refractivity contribution in [1.82, 2.24) is 10.3 Å². The summed E-state index contributed by atoms with van der Waals surface area (Å²) in [6.45, 7) is 0.711. The topological polar surface area (TPSA) is 51.2 Å². The highest BCUT2D eigenvalue weighted by Gasteiger charge is 2.41. The van der Waals surface area contributed by atoms with Gasteiger partial charge in [0.2, 0.25) is 0 Å². The molecule has 1 aliphatic rings. The zero-order valence-corrected chi connectivity index (χ0v) is 11.3. The maximum absolute atomic E-state index is 12.0. The average molecular weight is 299 g/mol. The molecule has 1 aliphatic carbocycles. The molecule has 1 amide bonds. The van der Waals surface area contributed by atoms with Crippen molar-refractivity contribution in [3.63, 3.8) is 0 Å². The van der Waals surface area contributed by atoms with Crippen LogP contribution in [0.3, 0.4) is 0 Å². The predicted molar refractivity (Wildman–Crippen MR) is 68.6 cm³/mol. The lowest BCUT2D eigenvalue weighted by atomic mass is 10.1. The minimum atomic E-state index is -0.100. The van der Waals surface area contributed by atoms with Crippen molar-refractivity contribution in [3.05, 3.63) is 24.0 Å². The van der Waals surface area contributed by atoms with Gasteiger partial charge in [0.05, 0.1) is 18.9 Å². The zero-order chi connectivity index (χ0) is 12.3. The summed E-state index contributed by atoms with van der Waals surface area (Å²) in [5.41, 5.74) is 0.809. The van der Waals surface area contributed by atoms with Crippen molar-refractivity contribution in [2.45, 2.75) is 12.8 Å². The Labute approximate surface area is 109 Å². The summed E-state index contributed by atoms with van der Waals surface area (Å²) in [7, 11) is 1.54. The molecular formula is C12H15BrN2O2. The molecule has 2 rings (SSSR count). The van der Waals surface area contributed by atoms with Crippen molar-refractivity contribution in [3.8, 4) is 5.75 Å². The van der Waals surface area contributed by atoms with Crippen LogP contribution in [-0.2, 0) is 0 Å². The lowest BCUT2D eigenvalue weighted by Crippen LogP contribution is -2.31. The van der Waals surface area contributed by atoms with E-state index in [1.54, 1.807) is 18.5 Å². The second-order valence-electron chi connectivity index (χ2n) is 4.39. The number of methoxy groups -OCH3 is 1. The molecule has 0 atom stereocenters. The van der Waals surface area contributed by atoms with Gasteiger partial charge in [0.25, 0.3) is 5.91 Å². The van der Waals surface area contributed by atoms with Gasteiger partial charge in [-0.3, -0.25) is 9.78 Å². The first-order chi connectivity index (χ1) is 8.21. The number of pyridine rings is 1. The largest absolute Gasteiger partial charge is 0.494 e. The second-order valence-corrected chi connectivity index (χ2v) is 4.95. The van der Waals surface area contributed by atoms with Gasteiger partial charge in [0.1, 0.15) is 5.75 Å². The maximum Gasteiger partial charge on any atom is 0.255 e. The Morgan fingerprint density at radius 1 is 1.65 bits per heavy atom. The highest BCUT2D eigenvalue weighted by Crippen LogP contribution is 2.46. The van der Waals surface area contributed by atoms with Gasteiger partial charge in [-0.1, -0.05) is 15.9 Å². The fraction of sp³-hybridized carbons (Fsp3) is 0.500. The molecule has 1 saturated carbocycles. The number of carbonyl (C=O) groups excluding carboxylic acids is 1. The number of carbonyl (C=O) groups is 1. The summed E-state index contributed by atoms with van der Waals surface area (Å²) in [6.07, 6.45) is 5.49. The molecule has 0 bridgehead atoms. The number of amides is 1. The number of alkyl halides is 1. The first kappa shape index (κ1) is 12.4. The Hall–Kier alpha value is -1.10. The molecule has 0 aromatic carbocycles. The molecule has 1 fully saturated rings. The van der Waals surface area contributed by atoms with E-state index in [-0.39, 0.29) is 11.3 Å². The van der Waals surface area contributed by atoms with Crippen molar-refractivity contribution >= 4 is 21.8 Å². The number of hydrogen-bond acceptors (Lipinski definition) is 3. The standard InChI is InChI=1S/C12H15BrN2O2/c1-17-10-6-14-5-2-9(10)11(16)15-8-12(7-13)3-4-12/h2,5-6H,3-4,7-8H2,1H3,(H,15,16). The monoisotopic (exact) mass is 298 g/mol. The smallest absolute Gasteiger partial charge is 0.255 e. The summed E-state index contributed by atoms with van der Waals surface area (Å²) in [4.78, 5) is 15.9. The number of nitrogens with one attached hydrogen (secondary N) is 1. The second kappa shape index (κ2) is 5.04. The van der Waals surface area contributed by atoms with Crippen LogP contribution in [0.15, 0.2) is 18.5 Å². The van der Waals surface area contributed by atoms with Crippen LogP contribution in [0.4, 0.5) is 0 Å². The minimum Gasteiger partial charge on any atom is -0.494 e. The highest BCUT2D eigenvalue weighted by molar-refractivity contribution is 9.09. The first-order valence-electron chi connectivity index (χ1n) is 5.53. The molecule has 1 heterocycles. The van der Waals surface area contributed by atoms with Gasteiger partial charge in [-0.05, 0) is 24.3 Å². The number of nitrogens with zero attached hydrogens (tertiary/aromatic N) is 1. The molecule has 4 nitrogen and oxygen atoms in total.